The molecule has 2 rings (SSSR count). The lowest BCUT2D eigenvalue weighted by Gasteiger charge is -2.26. The van der Waals surface area contributed by atoms with Gasteiger partial charge >= 0.3 is 0 Å². The lowest BCUT2D eigenvalue weighted by Crippen LogP contribution is -2.18. The van der Waals surface area contributed by atoms with Crippen LogP contribution in [0.4, 0.5) is 11.4 Å². The van der Waals surface area contributed by atoms with Gasteiger partial charge in [0.25, 0.3) is 0 Å². The van der Waals surface area contributed by atoms with Crippen molar-refractivity contribution in [3.05, 3.63) is 58.6 Å². The maximum absolute atomic E-state index is 9.75. The third-order valence-corrected chi connectivity index (χ3v) is 4.24. The molecule has 0 aromatic heterocycles. The second kappa shape index (κ2) is 7.62. The summed E-state index contributed by atoms with van der Waals surface area (Å²) in [6, 6.07) is 16.6. The molecule has 1 N–H and O–H groups in total. The Morgan fingerprint density at radius 3 is 2.38 bits per heavy atom. The van der Waals surface area contributed by atoms with Gasteiger partial charge in [0.05, 0.1) is 6.10 Å². The standard InChI is InChI=1S/C18H22BrNO/c1-3-4-12-20(15-8-6-5-7-9-15)16-10-11-17(14(2)21)18(19)13-16/h5-11,13-14,21H,3-4,12H2,1-2H3. The molecular formula is C18H22BrNO. The van der Waals surface area contributed by atoms with E-state index in [0.29, 0.717) is 0 Å². The summed E-state index contributed by atoms with van der Waals surface area (Å²) in [6.07, 6.45) is 1.84. The van der Waals surface area contributed by atoms with Crippen molar-refractivity contribution in [1.29, 1.82) is 0 Å². The van der Waals surface area contributed by atoms with Crippen LogP contribution in [0.25, 0.3) is 0 Å². The number of rotatable bonds is 6. The number of halogens is 1. The van der Waals surface area contributed by atoms with Gasteiger partial charge in [-0.3, -0.25) is 0 Å². The van der Waals surface area contributed by atoms with Crippen LogP contribution in [0.2, 0.25) is 0 Å². The predicted octanol–water partition coefficient (Wildman–Crippen LogP) is 5.44. The number of anilines is 2. The minimum Gasteiger partial charge on any atom is -0.389 e. The zero-order valence-corrected chi connectivity index (χ0v) is 14.2. The molecule has 0 radical (unpaired) electrons. The van der Waals surface area contributed by atoms with Gasteiger partial charge in [-0.1, -0.05) is 53.5 Å². The van der Waals surface area contributed by atoms with Crippen LogP contribution >= 0.6 is 15.9 Å². The molecule has 0 aliphatic heterocycles. The highest BCUT2D eigenvalue weighted by atomic mass is 79.9. The first-order chi connectivity index (χ1) is 10.1. The van der Waals surface area contributed by atoms with Crippen molar-refractivity contribution in [2.45, 2.75) is 32.8 Å². The van der Waals surface area contributed by atoms with Gasteiger partial charge in [0.15, 0.2) is 0 Å². The minimum atomic E-state index is -0.464. The Balaban J connectivity index is 2.35. The molecule has 112 valence electrons. The first-order valence-corrected chi connectivity index (χ1v) is 8.23. The third-order valence-electron chi connectivity index (χ3n) is 3.55. The zero-order chi connectivity index (χ0) is 15.2. The molecule has 2 nitrogen and oxygen atoms in total. The van der Waals surface area contributed by atoms with E-state index in [1.165, 1.54) is 5.69 Å². The van der Waals surface area contributed by atoms with Crippen molar-refractivity contribution in [1.82, 2.24) is 0 Å². The minimum absolute atomic E-state index is 0.464. The van der Waals surface area contributed by atoms with Gasteiger partial charge in [-0.2, -0.15) is 0 Å². The van der Waals surface area contributed by atoms with Crippen LogP contribution in [0.5, 0.6) is 0 Å². The third kappa shape index (κ3) is 4.08. The van der Waals surface area contributed by atoms with Crippen molar-refractivity contribution in [3.63, 3.8) is 0 Å². The van der Waals surface area contributed by atoms with E-state index in [4.69, 9.17) is 0 Å². The van der Waals surface area contributed by atoms with E-state index in [2.05, 4.69) is 64.2 Å². The molecule has 0 aliphatic carbocycles. The first-order valence-electron chi connectivity index (χ1n) is 7.43. The van der Waals surface area contributed by atoms with Gasteiger partial charge < -0.3 is 10.0 Å². The average molecular weight is 348 g/mol. The number of aliphatic hydroxyl groups excluding tert-OH is 1. The summed E-state index contributed by atoms with van der Waals surface area (Å²) >= 11 is 3.57. The Hall–Kier alpha value is -1.32. The molecule has 1 atom stereocenters. The largest absolute Gasteiger partial charge is 0.389 e. The van der Waals surface area contributed by atoms with E-state index < -0.39 is 6.10 Å². The molecule has 2 aromatic carbocycles. The lowest BCUT2D eigenvalue weighted by molar-refractivity contribution is 0.198. The van der Waals surface area contributed by atoms with Crippen LogP contribution in [-0.4, -0.2) is 11.7 Å². The maximum Gasteiger partial charge on any atom is 0.0772 e. The monoisotopic (exact) mass is 347 g/mol. The topological polar surface area (TPSA) is 23.5 Å². The van der Waals surface area contributed by atoms with E-state index in [-0.39, 0.29) is 0 Å². The quantitative estimate of drug-likeness (QED) is 0.751. The van der Waals surface area contributed by atoms with Crippen molar-refractivity contribution >= 4 is 27.3 Å². The first kappa shape index (κ1) is 16.1. The second-order valence-corrected chi connectivity index (χ2v) is 6.08. The molecule has 0 fully saturated rings. The molecule has 0 bridgehead atoms. The van der Waals surface area contributed by atoms with Crippen LogP contribution in [0.15, 0.2) is 53.0 Å². The molecule has 3 heteroatoms. The van der Waals surface area contributed by atoms with Crippen LogP contribution < -0.4 is 4.90 Å². The molecule has 0 aliphatic rings. The molecule has 0 saturated carbocycles. The highest BCUT2D eigenvalue weighted by Crippen LogP contribution is 2.32. The number of hydrogen-bond donors (Lipinski definition) is 1. The van der Waals surface area contributed by atoms with Crippen LogP contribution in [0.3, 0.4) is 0 Å². The molecule has 2 aromatic rings. The highest BCUT2D eigenvalue weighted by molar-refractivity contribution is 9.10. The van der Waals surface area contributed by atoms with Crippen molar-refractivity contribution in [2.24, 2.45) is 0 Å². The molecule has 21 heavy (non-hydrogen) atoms. The second-order valence-electron chi connectivity index (χ2n) is 5.22. The Bertz CT molecular complexity index is 569. The fraction of sp³-hybridized carbons (Fsp3) is 0.333. The predicted molar refractivity (Wildman–Crippen MR) is 93.1 cm³/mol. The van der Waals surface area contributed by atoms with Crippen LogP contribution in [0.1, 0.15) is 38.4 Å². The van der Waals surface area contributed by atoms with Gasteiger partial charge in [-0.25, -0.2) is 0 Å². The molecule has 0 saturated heterocycles. The Morgan fingerprint density at radius 2 is 1.81 bits per heavy atom. The Morgan fingerprint density at radius 1 is 1.10 bits per heavy atom. The molecule has 0 heterocycles. The Labute approximate surface area is 135 Å². The number of unbranched alkanes of at least 4 members (excludes halogenated alkanes) is 1. The van der Waals surface area contributed by atoms with Crippen molar-refractivity contribution in [2.75, 3.05) is 11.4 Å². The zero-order valence-electron chi connectivity index (χ0n) is 12.6. The van der Waals surface area contributed by atoms with Gasteiger partial charge in [-0.15, -0.1) is 0 Å². The maximum atomic E-state index is 9.75. The van der Waals surface area contributed by atoms with Crippen LogP contribution in [-0.2, 0) is 0 Å². The van der Waals surface area contributed by atoms with E-state index in [1.807, 2.05) is 12.1 Å². The summed E-state index contributed by atoms with van der Waals surface area (Å²) in [5.41, 5.74) is 3.26. The summed E-state index contributed by atoms with van der Waals surface area (Å²) in [6.45, 7) is 4.97. The molecule has 1 unspecified atom stereocenters. The number of hydrogen-bond acceptors (Lipinski definition) is 2. The van der Waals surface area contributed by atoms with Crippen molar-refractivity contribution in [3.8, 4) is 0 Å². The van der Waals surface area contributed by atoms with E-state index in [9.17, 15) is 5.11 Å². The highest BCUT2D eigenvalue weighted by Gasteiger charge is 2.12. The van der Waals surface area contributed by atoms with Gasteiger partial charge in [0.2, 0.25) is 0 Å². The fourth-order valence-corrected chi connectivity index (χ4v) is 3.05. The number of benzene rings is 2. The summed E-state index contributed by atoms with van der Waals surface area (Å²) in [5.74, 6) is 0. The number of nitrogens with zero attached hydrogens (tertiary/aromatic N) is 1. The van der Waals surface area contributed by atoms with Gasteiger partial charge in [0.1, 0.15) is 0 Å². The normalized spacial score (nSPS) is 12.2. The van der Waals surface area contributed by atoms with E-state index in [0.717, 1.165) is 35.1 Å². The summed E-state index contributed by atoms with van der Waals surface area (Å²) in [7, 11) is 0. The molecule has 0 spiro atoms. The van der Waals surface area contributed by atoms with E-state index in [1.54, 1.807) is 6.92 Å². The number of para-hydroxylation sites is 1. The fourth-order valence-electron chi connectivity index (χ4n) is 2.35. The van der Waals surface area contributed by atoms with Gasteiger partial charge in [0, 0.05) is 22.4 Å². The average Bonchev–Trinajstić information content (AvgIpc) is 2.48. The van der Waals surface area contributed by atoms with Gasteiger partial charge in [-0.05, 0) is 43.2 Å². The van der Waals surface area contributed by atoms with Crippen LogP contribution in [0, 0.1) is 0 Å². The smallest absolute Gasteiger partial charge is 0.0772 e. The molecule has 0 amide bonds. The lowest BCUT2D eigenvalue weighted by atomic mass is 10.1. The SMILES string of the molecule is CCCCN(c1ccccc1)c1ccc(C(C)O)c(Br)c1. The Kier molecular flexibility index (Phi) is 5.83. The summed E-state index contributed by atoms with van der Waals surface area (Å²) in [4.78, 5) is 2.32. The molecular weight excluding hydrogens is 326 g/mol. The van der Waals surface area contributed by atoms with Crippen molar-refractivity contribution < 1.29 is 5.11 Å². The van der Waals surface area contributed by atoms with E-state index >= 15 is 0 Å². The summed E-state index contributed by atoms with van der Waals surface area (Å²) < 4.78 is 0.951. The summed E-state index contributed by atoms with van der Waals surface area (Å²) in [5, 5.41) is 9.75. The number of aliphatic hydroxyl groups is 1.